The molecule has 0 aliphatic carbocycles. The number of carbonyl (C=O) groups excluding carboxylic acids is 1. The molecule has 1 aromatic carbocycles. The molecule has 1 aliphatic heterocycles. The smallest absolute Gasteiger partial charge is 0.328 e. The molecule has 0 spiro atoms. The molecule has 1 fully saturated rings. The van der Waals surface area contributed by atoms with Crippen LogP contribution in [0.3, 0.4) is 0 Å². The lowest BCUT2D eigenvalue weighted by atomic mass is 10.1. The zero-order valence-corrected chi connectivity index (χ0v) is 10.7. The second-order valence-electron chi connectivity index (χ2n) is 4.72. The average molecular weight is 233 g/mol. The Balaban J connectivity index is 2.17. The Kier molecular flexibility index (Phi) is 3.48. The van der Waals surface area contributed by atoms with Gasteiger partial charge >= 0.3 is 5.97 Å². The minimum atomic E-state index is -0.153. The monoisotopic (exact) mass is 233 g/mol. The van der Waals surface area contributed by atoms with E-state index < -0.39 is 0 Å². The first-order valence-corrected chi connectivity index (χ1v) is 6.11. The first-order valence-electron chi connectivity index (χ1n) is 6.11. The van der Waals surface area contributed by atoms with Gasteiger partial charge in [0.25, 0.3) is 0 Å². The second-order valence-corrected chi connectivity index (χ2v) is 4.72. The summed E-state index contributed by atoms with van der Waals surface area (Å²) in [6, 6.07) is 3.91. The third-order valence-electron chi connectivity index (χ3n) is 3.42. The van der Waals surface area contributed by atoms with Crippen LogP contribution in [-0.4, -0.2) is 18.6 Å². The maximum absolute atomic E-state index is 11.9. The minimum Gasteiger partial charge on any atom is -0.425 e. The molecule has 92 valence electrons. The summed E-state index contributed by atoms with van der Waals surface area (Å²) in [6.45, 7) is 6.90. The highest BCUT2D eigenvalue weighted by Crippen LogP contribution is 2.26. The Labute approximate surface area is 102 Å². The minimum absolute atomic E-state index is 0.130. The molecule has 3 nitrogen and oxygen atoms in total. The zero-order chi connectivity index (χ0) is 12.4. The van der Waals surface area contributed by atoms with Gasteiger partial charge in [0.15, 0.2) is 0 Å². The summed E-state index contributed by atoms with van der Waals surface area (Å²) >= 11 is 0. The van der Waals surface area contributed by atoms with E-state index in [0.717, 1.165) is 41.8 Å². The van der Waals surface area contributed by atoms with Gasteiger partial charge in [-0.05, 0) is 56.8 Å². The van der Waals surface area contributed by atoms with Gasteiger partial charge in [-0.3, -0.25) is 0 Å². The van der Waals surface area contributed by atoms with Gasteiger partial charge in [0, 0.05) is 0 Å². The van der Waals surface area contributed by atoms with Crippen molar-refractivity contribution in [1.82, 2.24) is 5.32 Å². The van der Waals surface area contributed by atoms with E-state index in [1.165, 1.54) is 0 Å². The molecular formula is C14H19NO2. The second kappa shape index (κ2) is 4.88. The largest absolute Gasteiger partial charge is 0.425 e. The fourth-order valence-corrected chi connectivity index (χ4v) is 2.14. The Hall–Kier alpha value is -1.35. The fourth-order valence-electron chi connectivity index (χ4n) is 2.14. The van der Waals surface area contributed by atoms with Crippen LogP contribution in [0.5, 0.6) is 5.75 Å². The SMILES string of the molecule is Cc1ccc(C)c(OC(=O)C2CCCN2)c1C. The maximum atomic E-state index is 11.9. The highest BCUT2D eigenvalue weighted by Gasteiger charge is 2.24. The summed E-state index contributed by atoms with van der Waals surface area (Å²) < 4.78 is 5.54. The lowest BCUT2D eigenvalue weighted by Crippen LogP contribution is -2.34. The van der Waals surface area contributed by atoms with Gasteiger partial charge in [-0.15, -0.1) is 0 Å². The molecule has 17 heavy (non-hydrogen) atoms. The Bertz CT molecular complexity index is 434. The zero-order valence-electron chi connectivity index (χ0n) is 10.7. The van der Waals surface area contributed by atoms with Crippen molar-refractivity contribution in [3.05, 3.63) is 28.8 Å². The molecule has 0 amide bonds. The third-order valence-corrected chi connectivity index (χ3v) is 3.42. The van der Waals surface area contributed by atoms with Crippen LogP contribution in [-0.2, 0) is 4.79 Å². The molecule has 1 atom stereocenters. The van der Waals surface area contributed by atoms with Crippen molar-refractivity contribution in [3.8, 4) is 5.75 Å². The fraction of sp³-hybridized carbons (Fsp3) is 0.500. The van der Waals surface area contributed by atoms with E-state index >= 15 is 0 Å². The van der Waals surface area contributed by atoms with Gasteiger partial charge in [0.2, 0.25) is 0 Å². The molecule has 0 radical (unpaired) electrons. The van der Waals surface area contributed by atoms with Crippen LogP contribution in [0.1, 0.15) is 29.5 Å². The van der Waals surface area contributed by atoms with Crippen molar-refractivity contribution < 1.29 is 9.53 Å². The van der Waals surface area contributed by atoms with Crippen molar-refractivity contribution >= 4 is 5.97 Å². The van der Waals surface area contributed by atoms with E-state index in [1.54, 1.807) is 0 Å². The van der Waals surface area contributed by atoms with E-state index in [-0.39, 0.29) is 12.0 Å². The third kappa shape index (κ3) is 2.50. The number of ether oxygens (including phenoxy) is 1. The van der Waals surface area contributed by atoms with Crippen LogP contribution < -0.4 is 10.1 Å². The van der Waals surface area contributed by atoms with Gasteiger partial charge in [-0.2, -0.15) is 0 Å². The highest BCUT2D eigenvalue weighted by molar-refractivity contribution is 5.79. The standard InChI is InChI=1S/C14H19NO2/c1-9-6-7-10(2)13(11(9)3)17-14(16)12-5-4-8-15-12/h6-7,12,15H,4-5,8H2,1-3H3. The summed E-state index contributed by atoms with van der Waals surface area (Å²) in [5.74, 6) is 0.572. The van der Waals surface area contributed by atoms with E-state index in [0.29, 0.717) is 0 Å². The van der Waals surface area contributed by atoms with Gasteiger partial charge in [-0.25, -0.2) is 4.79 Å². The van der Waals surface area contributed by atoms with Gasteiger partial charge in [-0.1, -0.05) is 12.1 Å². The molecule has 1 heterocycles. The topological polar surface area (TPSA) is 38.3 Å². The van der Waals surface area contributed by atoms with E-state index in [2.05, 4.69) is 11.4 Å². The summed E-state index contributed by atoms with van der Waals surface area (Å²) in [7, 11) is 0. The van der Waals surface area contributed by atoms with E-state index in [1.807, 2.05) is 26.8 Å². The molecular weight excluding hydrogens is 214 g/mol. The van der Waals surface area contributed by atoms with Crippen molar-refractivity contribution in [2.75, 3.05) is 6.54 Å². The molecule has 2 rings (SSSR count). The molecule has 1 aromatic rings. The molecule has 0 aromatic heterocycles. The Morgan fingerprint density at radius 1 is 1.29 bits per heavy atom. The predicted molar refractivity (Wildman–Crippen MR) is 67.3 cm³/mol. The quantitative estimate of drug-likeness (QED) is 0.629. The lowest BCUT2D eigenvalue weighted by Gasteiger charge is -2.15. The molecule has 0 saturated carbocycles. The molecule has 0 bridgehead atoms. The highest BCUT2D eigenvalue weighted by atomic mass is 16.5. The predicted octanol–water partition coefficient (Wildman–Crippen LogP) is 2.27. The number of hydrogen-bond acceptors (Lipinski definition) is 3. The number of esters is 1. The van der Waals surface area contributed by atoms with Crippen LogP contribution in [0.25, 0.3) is 0 Å². The Morgan fingerprint density at radius 3 is 2.65 bits per heavy atom. The summed E-state index contributed by atoms with van der Waals surface area (Å²) in [5, 5.41) is 3.16. The van der Waals surface area contributed by atoms with Crippen LogP contribution in [0, 0.1) is 20.8 Å². The van der Waals surface area contributed by atoms with Crippen LogP contribution in [0.4, 0.5) is 0 Å². The normalized spacial score (nSPS) is 19.4. The van der Waals surface area contributed by atoms with Crippen molar-refractivity contribution in [1.29, 1.82) is 0 Å². The molecule has 1 unspecified atom stereocenters. The van der Waals surface area contributed by atoms with Gasteiger partial charge in [0.1, 0.15) is 11.8 Å². The number of carbonyl (C=O) groups is 1. The molecule has 3 heteroatoms. The van der Waals surface area contributed by atoms with Gasteiger partial charge in [0.05, 0.1) is 0 Å². The molecule has 1 aliphatic rings. The summed E-state index contributed by atoms with van der Waals surface area (Å²) in [5.41, 5.74) is 3.22. The first kappa shape index (κ1) is 12.1. The molecule has 1 saturated heterocycles. The van der Waals surface area contributed by atoms with Crippen LogP contribution in [0.15, 0.2) is 12.1 Å². The average Bonchev–Trinajstić information content (AvgIpc) is 2.83. The van der Waals surface area contributed by atoms with Crippen LogP contribution in [0.2, 0.25) is 0 Å². The Morgan fingerprint density at radius 2 is 2.00 bits per heavy atom. The lowest BCUT2D eigenvalue weighted by molar-refractivity contribution is -0.136. The van der Waals surface area contributed by atoms with Crippen molar-refractivity contribution in [3.63, 3.8) is 0 Å². The van der Waals surface area contributed by atoms with Crippen molar-refractivity contribution in [2.45, 2.75) is 39.7 Å². The number of benzene rings is 1. The summed E-state index contributed by atoms with van der Waals surface area (Å²) in [6.07, 6.45) is 1.92. The number of nitrogens with one attached hydrogen (secondary N) is 1. The van der Waals surface area contributed by atoms with E-state index in [4.69, 9.17) is 4.74 Å². The number of aryl methyl sites for hydroxylation is 2. The maximum Gasteiger partial charge on any atom is 0.328 e. The summed E-state index contributed by atoms with van der Waals surface area (Å²) in [4.78, 5) is 11.9. The van der Waals surface area contributed by atoms with Gasteiger partial charge < -0.3 is 10.1 Å². The first-order chi connectivity index (χ1) is 8.09. The number of rotatable bonds is 2. The van der Waals surface area contributed by atoms with Crippen LogP contribution >= 0.6 is 0 Å². The van der Waals surface area contributed by atoms with Crippen molar-refractivity contribution in [2.24, 2.45) is 0 Å². The molecule has 1 N–H and O–H groups in total. The van der Waals surface area contributed by atoms with E-state index in [9.17, 15) is 4.79 Å². The number of hydrogen-bond donors (Lipinski definition) is 1.